The van der Waals surface area contributed by atoms with Gasteiger partial charge in [0.15, 0.2) is 5.75 Å². The predicted octanol–water partition coefficient (Wildman–Crippen LogP) is 2.39. The summed E-state index contributed by atoms with van der Waals surface area (Å²) in [6, 6.07) is 3.20. The number of carbonyl (C=O) groups is 1. The largest absolute Gasteiger partial charge is 0.410 e. The molecule has 0 fully saturated rings. The lowest BCUT2D eigenvalue weighted by atomic mass is 10.2. The number of halogens is 1. The summed E-state index contributed by atoms with van der Waals surface area (Å²) in [6.07, 6.45) is -0.890. The molecular weight excluding hydrogens is 210 g/mol. The third-order valence-corrected chi connectivity index (χ3v) is 2.24. The number of hydrogen-bond donors (Lipinski definition) is 2. The minimum Gasteiger partial charge on any atom is -0.409 e. The highest BCUT2D eigenvalue weighted by Gasteiger charge is 2.07. The zero-order chi connectivity index (χ0) is 10.0. The average Bonchev–Trinajstić information content (AvgIpc) is 1.99. The number of primary amides is 1. The van der Waals surface area contributed by atoms with E-state index in [1.165, 1.54) is 0 Å². The Balaban J connectivity index is 3.08. The van der Waals surface area contributed by atoms with E-state index >= 15 is 0 Å². The first kappa shape index (κ1) is 10.2. The monoisotopic (exact) mass is 217 g/mol. The van der Waals surface area contributed by atoms with Gasteiger partial charge in [-0.2, -0.15) is 0 Å². The molecule has 0 saturated carbocycles. The van der Waals surface area contributed by atoms with E-state index in [2.05, 4.69) is 17.4 Å². The number of thiol groups is 1. The summed E-state index contributed by atoms with van der Waals surface area (Å²) in [6.45, 7) is 1.85. The van der Waals surface area contributed by atoms with Crippen molar-refractivity contribution in [2.75, 3.05) is 0 Å². The van der Waals surface area contributed by atoms with Gasteiger partial charge in [-0.3, -0.25) is 0 Å². The molecule has 5 heteroatoms. The fraction of sp³-hybridized carbons (Fsp3) is 0.125. The van der Waals surface area contributed by atoms with E-state index in [4.69, 9.17) is 17.3 Å². The number of nitrogens with two attached hydrogens (primary N) is 1. The van der Waals surface area contributed by atoms with Gasteiger partial charge in [0.05, 0.1) is 5.02 Å². The summed E-state index contributed by atoms with van der Waals surface area (Å²) in [7, 11) is 0. The fourth-order valence-electron chi connectivity index (χ4n) is 0.829. The number of rotatable bonds is 1. The maximum Gasteiger partial charge on any atom is 0.410 e. The highest BCUT2D eigenvalue weighted by atomic mass is 35.5. The van der Waals surface area contributed by atoms with Crippen molar-refractivity contribution in [3.63, 3.8) is 0 Å². The Morgan fingerprint density at radius 2 is 2.23 bits per heavy atom. The molecule has 1 amide bonds. The second kappa shape index (κ2) is 3.89. The van der Waals surface area contributed by atoms with Crippen LogP contribution >= 0.6 is 24.2 Å². The van der Waals surface area contributed by atoms with Gasteiger partial charge in [0.1, 0.15) is 0 Å². The first-order valence-electron chi connectivity index (χ1n) is 3.47. The van der Waals surface area contributed by atoms with Crippen LogP contribution in [0.5, 0.6) is 5.75 Å². The molecule has 0 saturated heterocycles. The van der Waals surface area contributed by atoms with Crippen LogP contribution in [-0.4, -0.2) is 6.09 Å². The van der Waals surface area contributed by atoms with Crippen molar-refractivity contribution in [1.82, 2.24) is 0 Å². The standard InChI is InChI=1S/C8H8ClNO2S/c1-4-2-5(9)6(3-7(4)13)12-8(10)11/h2-3,13H,1H3,(H2,10,11). The Kier molecular flexibility index (Phi) is 3.06. The quantitative estimate of drug-likeness (QED) is 0.710. The number of aryl methyl sites for hydroxylation is 1. The molecule has 1 rings (SSSR count). The van der Waals surface area contributed by atoms with Crippen LogP contribution in [0.4, 0.5) is 4.79 Å². The Hall–Kier alpha value is -0.870. The van der Waals surface area contributed by atoms with Crippen molar-refractivity contribution in [3.05, 3.63) is 22.7 Å². The third-order valence-electron chi connectivity index (χ3n) is 1.46. The molecule has 0 aromatic heterocycles. The van der Waals surface area contributed by atoms with E-state index in [-0.39, 0.29) is 5.75 Å². The number of hydrogen-bond acceptors (Lipinski definition) is 3. The van der Waals surface area contributed by atoms with Gasteiger partial charge in [0, 0.05) is 4.90 Å². The molecule has 0 aliphatic rings. The van der Waals surface area contributed by atoms with E-state index in [1.54, 1.807) is 12.1 Å². The molecule has 0 bridgehead atoms. The van der Waals surface area contributed by atoms with Gasteiger partial charge < -0.3 is 10.5 Å². The number of ether oxygens (including phenoxy) is 1. The minimum absolute atomic E-state index is 0.227. The molecule has 1 aromatic rings. The Morgan fingerprint density at radius 1 is 1.62 bits per heavy atom. The topological polar surface area (TPSA) is 52.3 Å². The van der Waals surface area contributed by atoms with Crippen molar-refractivity contribution in [2.45, 2.75) is 11.8 Å². The van der Waals surface area contributed by atoms with Crippen LogP contribution in [-0.2, 0) is 0 Å². The van der Waals surface area contributed by atoms with Crippen LogP contribution in [0.1, 0.15) is 5.56 Å². The van der Waals surface area contributed by atoms with Crippen LogP contribution in [0.3, 0.4) is 0 Å². The summed E-state index contributed by atoms with van der Waals surface area (Å²) in [4.78, 5) is 11.1. The second-order valence-electron chi connectivity index (χ2n) is 2.49. The molecule has 3 nitrogen and oxygen atoms in total. The molecule has 0 heterocycles. The van der Waals surface area contributed by atoms with E-state index in [0.29, 0.717) is 9.92 Å². The van der Waals surface area contributed by atoms with E-state index in [9.17, 15) is 4.79 Å². The summed E-state index contributed by atoms with van der Waals surface area (Å²) in [5.41, 5.74) is 5.74. The van der Waals surface area contributed by atoms with Crippen LogP contribution < -0.4 is 10.5 Å². The fourth-order valence-corrected chi connectivity index (χ4v) is 1.27. The lowest BCUT2D eigenvalue weighted by molar-refractivity contribution is 0.211. The predicted molar refractivity (Wildman–Crippen MR) is 53.7 cm³/mol. The Morgan fingerprint density at radius 3 is 2.77 bits per heavy atom. The van der Waals surface area contributed by atoms with E-state index in [1.807, 2.05) is 6.92 Å². The molecule has 13 heavy (non-hydrogen) atoms. The van der Waals surface area contributed by atoms with Crippen molar-refractivity contribution in [2.24, 2.45) is 5.73 Å². The lowest BCUT2D eigenvalue weighted by Crippen LogP contribution is -2.16. The van der Waals surface area contributed by atoms with Gasteiger partial charge in [-0.25, -0.2) is 4.79 Å². The summed E-state index contributed by atoms with van der Waals surface area (Å²) in [5.74, 6) is 0.227. The van der Waals surface area contributed by atoms with Gasteiger partial charge in [-0.1, -0.05) is 11.6 Å². The third kappa shape index (κ3) is 2.54. The molecule has 0 aliphatic heterocycles. The van der Waals surface area contributed by atoms with Crippen LogP contribution in [0.15, 0.2) is 17.0 Å². The molecule has 1 aromatic carbocycles. The normalized spacial score (nSPS) is 9.77. The van der Waals surface area contributed by atoms with Crippen LogP contribution in [0.2, 0.25) is 5.02 Å². The summed E-state index contributed by atoms with van der Waals surface area (Å²) < 4.78 is 4.64. The highest BCUT2D eigenvalue weighted by molar-refractivity contribution is 7.80. The molecule has 2 N–H and O–H groups in total. The first-order valence-corrected chi connectivity index (χ1v) is 4.29. The van der Waals surface area contributed by atoms with E-state index < -0.39 is 6.09 Å². The number of benzene rings is 1. The van der Waals surface area contributed by atoms with Crippen molar-refractivity contribution in [3.8, 4) is 5.75 Å². The van der Waals surface area contributed by atoms with Gasteiger partial charge in [0.2, 0.25) is 0 Å². The SMILES string of the molecule is Cc1cc(Cl)c(OC(N)=O)cc1S. The van der Waals surface area contributed by atoms with Crippen molar-refractivity contribution in [1.29, 1.82) is 0 Å². The van der Waals surface area contributed by atoms with Crippen molar-refractivity contribution < 1.29 is 9.53 Å². The van der Waals surface area contributed by atoms with Gasteiger partial charge in [-0.05, 0) is 24.6 Å². The van der Waals surface area contributed by atoms with Gasteiger partial charge >= 0.3 is 6.09 Å². The zero-order valence-electron chi connectivity index (χ0n) is 6.87. The van der Waals surface area contributed by atoms with Crippen LogP contribution in [0.25, 0.3) is 0 Å². The molecule has 70 valence electrons. The van der Waals surface area contributed by atoms with E-state index in [0.717, 1.165) is 5.56 Å². The molecule has 0 aliphatic carbocycles. The van der Waals surface area contributed by atoms with Crippen LogP contribution in [0, 0.1) is 6.92 Å². The molecule has 0 spiro atoms. The number of amides is 1. The molecule has 0 radical (unpaired) electrons. The first-order chi connectivity index (χ1) is 6.00. The second-order valence-corrected chi connectivity index (χ2v) is 3.38. The lowest BCUT2D eigenvalue weighted by Gasteiger charge is -2.06. The molecule has 0 atom stereocenters. The maximum atomic E-state index is 10.4. The molecular formula is C8H8ClNO2S. The Labute approximate surface area is 86.2 Å². The Bertz CT molecular complexity index is 354. The zero-order valence-corrected chi connectivity index (χ0v) is 8.52. The smallest absolute Gasteiger partial charge is 0.409 e. The van der Waals surface area contributed by atoms with Gasteiger partial charge in [-0.15, -0.1) is 12.6 Å². The van der Waals surface area contributed by atoms with Gasteiger partial charge in [0.25, 0.3) is 0 Å². The highest BCUT2D eigenvalue weighted by Crippen LogP contribution is 2.29. The number of carbonyl (C=O) groups excluding carboxylic acids is 1. The maximum absolute atomic E-state index is 10.4. The summed E-state index contributed by atoms with van der Waals surface area (Å²) >= 11 is 9.93. The average molecular weight is 218 g/mol. The summed E-state index contributed by atoms with van der Waals surface area (Å²) in [5, 5.41) is 0.342. The minimum atomic E-state index is -0.890. The van der Waals surface area contributed by atoms with Crippen molar-refractivity contribution >= 4 is 30.3 Å². The molecule has 0 unspecified atom stereocenters.